The maximum Gasteiger partial charge on any atom is 0.387 e. The molecule has 0 fully saturated rings. The van der Waals surface area contributed by atoms with Gasteiger partial charge in [0.15, 0.2) is 0 Å². The third kappa shape index (κ3) is 8.21. The number of halogens is 2. The lowest BCUT2D eigenvalue weighted by molar-refractivity contribution is -0.121. The Kier molecular flexibility index (Phi) is 8.30. The van der Waals surface area contributed by atoms with Crippen molar-refractivity contribution < 1.29 is 23.0 Å². The van der Waals surface area contributed by atoms with Gasteiger partial charge in [-0.05, 0) is 17.7 Å². The first kappa shape index (κ1) is 17.3. The number of benzene rings is 1. The average molecular weight is 302 g/mol. The second-order valence-corrected chi connectivity index (χ2v) is 4.29. The molecule has 2 N–H and O–H groups in total. The van der Waals surface area contributed by atoms with Crippen molar-refractivity contribution >= 4 is 5.91 Å². The van der Waals surface area contributed by atoms with Crippen molar-refractivity contribution in [1.29, 1.82) is 0 Å². The van der Waals surface area contributed by atoms with E-state index < -0.39 is 6.61 Å². The Morgan fingerprint density at radius 1 is 1.24 bits per heavy atom. The number of carbonyl (C=O) groups excluding carboxylic acids is 1. The summed E-state index contributed by atoms with van der Waals surface area (Å²) in [5.41, 5.74) is 0.927. The number of hydrogen-bond acceptors (Lipinski definition) is 4. The van der Waals surface area contributed by atoms with Gasteiger partial charge in [0.1, 0.15) is 5.75 Å². The van der Waals surface area contributed by atoms with Crippen LogP contribution < -0.4 is 15.4 Å². The van der Waals surface area contributed by atoms with Gasteiger partial charge in [-0.3, -0.25) is 4.79 Å². The number of rotatable bonds is 10. The maximum absolute atomic E-state index is 12.0. The number of carbonyl (C=O) groups is 1. The maximum atomic E-state index is 12.0. The fraction of sp³-hybridized carbons (Fsp3) is 0.500. The summed E-state index contributed by atoms with van der Waals surface area (Å²) in [6.45, 7) is -0.729. The lowest BCUT2D eigenvalue weighted by atomic mass is 10.2. The summed E-state index contributed by atoms with van der Waals surface area (Å²) in [5.74, 6) is 0.0894. The highest BCUT2D eigenvalue weighted by Gasteiger charge is 2.04. The van der Waals surface area contributed by atoms with Crippen LogP contribution in [0, 0.1) is 0 Å². The molecule has 0 radical (unpaired) electrons. The first-order valence-corrected chi connectivity index (χ1v) is 6.62. The van der Waals surface area contributed by atoms with E-state index in [1.165, 1.54) is 12.1 Å². The number of hydrogen-bond donors (Lipinski definition) is 2. The van der Waals surface area contributed by atoms with Crippen molar-refractivity contribution in [2.24, 2.45) is 0 Å². The molecule has 1 aromatic carbocycles. The van der Waals surface area contributed by atoms with Crippen molar-refractivity contribution in [3.05, 3.63) is 29.8 Å². The second-order valence-electron chi connectivity index (χ2n) is 4.29. The molecule has 0 unspecified atom stereocenters. The lowest BCUT2D eigenvalue weighted by Gasteiger charge is -2.07. The molecule has 0 heterocycles. The van der Waals surface area contributed by atoms with Crippen LogP contribution in [0.15, 0.2) is 24.3 Å². The lowest BCUT2D eigenvalue weighted by Crippen LogP contribution is -2.29. The smallest absolute Gasteiger partial charge is 0.387 e. The van der Waals surface area contributed by atoms with Crippen LogP contribution in [0.4, 0.5) is 8.78 Å². The molecule has 0 spiro atoms. The van der Waals surface area contributed by atoms with Gasteiger partial charge in [-0.1, -0.05) is 12.1 Å². The molecule has 0 saturated heterocycles. The van der Waals surface area contributed by atoms with Gasteiger partial charge >= 0.3 is 6.61 Å². The molecule has 1 aromatic rings. The van der Waals surface area contributed by atoms with Crippen molar-refractivity contribution in [1.82, 2.24) is 10.6 Å². The highest BCUT2D eigenvalue weighted by Crippen LogP contribution is 2.14. The van der Waals surface area contributed by atoms with E-state index >= 15 is 0 Å². The predicted octanol–water partition coefficient (Wildman–Crippen LogP) is 1.53. The Balaban J connectivity index is 2.16. The normalized spacial score (nSPS) is 10.7. The third-order valence-corrected chi connectivity index (χ3v) is 2.63. The highest BCUT2D eigenvalue weighted by molar-refractivity contribution is 5.76. The minimum atomic E-state index is -2.81. The summed E-state index contributed by atoms with van der Waals surface area (Å²) in [7, 11) is 1.57. The van der Waals surface area contributed by atoms with Gasteiger partial charge in [0.2, 0.25) is 5.91 Å². The van der Waals surface area contributed by atoms with Crippen LogP contribution >= 0.6 is 0 Å². The highest BCUT2D eigenvalue weighted by atomic mass is 19.3. The Morgan fingerprint density at radius 2 is 1.95 bits per heavy atom. The van der Waals surface area contributed by atoms with E-state index in [0.29, 0.717) is 32.7 Å². The van der Waals surface area contributed by atoms with Gasteiger partial charge in [-0.15, -0.1) is 0 Å². The molecule has 118 valence electrons. The molecule has 5 nitrogen and oxygen atoms in total. The molecule has 0 aliphatic heterocycles. The zero-order chi connectivity index (χ0) is 15.5. The topological polar surface area (TPSA) is 59.6 Å². The third-order valence-electron chi connectivity index (χ3n) is 2.63. The van der Waals surface area contributed by atoms with Crippen molar-refractivity contribution in [2.45, 2.75) is 19.6 Å². The van der Waals surface area contributed by atoms with E-state index in [1.807, 2.05) is 0 Å². The first-order chi connectivity index (χ1) is 10.1. The second kappa shape index (κ2) is 10.1. The number of methoxy groups -OCH3 is 1. The largest absolute Gasteiger partial charge is 0.435 e. The van der Waals surface area contributed by atoms with Crippen LogP contribution in [0.3, 0.4) is 0 Å². The summed E-state index contributed by atoms with van der Waals surface area (Å²) >= 11 is 0. The van der Waals surface area contributed by atoms with Crippen LogP contribution in [0.2, 0.25) is 0 Å². The van der Waals surface area contributed by atoms with E-state index in [1.54, 1.807) is 19.2 Å². The van der Waals surface area contributed by atoms with Gasteiger partial charge in [0.05, 0.1) is 6.61 Å². The Morgan fingerprint density at radius 3 is 2.57 bits per heavy atom. The van der Waals surface area contributed by atoms with Crippen LogP contribution in [0.5, 0.6) is 5.75 Å². The molecule has 0 atom stereocenters. The quantitative estimate of drug-likeness (QED) is 0.644. The van der Waals surface area contributed by atoms with Crippen molar-refractivity contribution in [2.75, 3.05) is 26.8 Å². The Hall–Kier alpha value is -1.73. The summed E-state index contributed by atoms with van der Waals surface area (Å²) < 4.78 is 33.0. The molecule has 0 aromatic heterocycles. The summed E-state index contributed by atoms with van der Waals surface area (Å²) in [6, 6.07) is 6.37. The van der Waals surface area contributed by atoms with Crippen molar-refractivity contribution in [3.63, 3.8) is 0 Å². The van der Waals surface area contributed by atoms with Crippen LogP contribution in [-0.4, -0.2) is 39.3 Å². The molecule has 1 amide bonds. The molecular formula is C14H20F2N2O3. The standard InChI is InChI=1S/C14H20F2N2O3/c1-20-9-8-18-13(19)6-7-17-10-11-2-4-12(5-3-11)21-14(15)16/h2-5,14,17H,6-10H2,1H3,(H,18,19). The molecular weight excluding hydrogens is 282 g/mol. The molecule has 0 saturated carbocycles. The van der Waals surface area contributed by atoms with Gasteiger partial charge in [-0.25, -0.2) is 0 Å². The molecule has 7 heteroatoms. The van der Waals surface area contributed by atoms with E-state index in [0.717, 1.165) is 5.56 Å². The molecule has 0 aliphatic rings. The SMILES string of the molecule is COCCNC(=O)CCNCc1ccc(OC(F)F)cc1. The monoisotopic (exact) mass is 302 g/mol. The van der Waals surface area contributed by atoms with Gasteiger partial charge < -0.3 is 20.1 Å². The minimum absolute atomic E-state index is 0.0415. The first-order valence-electron chi connectivity index (χ1n) is 6.62. The molecule has 0 bridgehead atoms. The number of alkyl halides is 2. The number of nitrogens with one attached hydrogen (secondary N) is 2. The van der Waals surface area contributed by atoms with Crippen molar-refractivity contribution in [3.8, 4) is 5.75 Å². The number of amides is 1. The van der Waals surface area contributed by atoms with Crippen LogP contribution in [0.1, 0.15) is 12.0 Å². The Labute approximate surface area is 122 Å². The van der Waals surface area contributed by atoms with E-state index in [9.17, 15) is 13.6 Å². The molecule has 21 heavy (non-hydrogen) atoms. The zero-order valence-electron chi connectivity index (χ0n) is 11.9. The summed E-state index contributed by atoms with van der Waals surface area (Å²) in [4.78, 5) is 11.4. The fourth-order valence-electron chi connectivity index (χ4n) is 1.60. The van der Waals surface area contributed by atoms with Gasteiger partial charge in [0.25, 0.3) is 0 Å². The fourth-order valence-corrected chi connectivity index (χ4v) is 1.60. The molecule has 1 rings (SSSR count). The molecule has 0 aliphatic carbocycles. The average Bonchev–Trinajstić information content (AvgIpc) is 2.45. The zero-order valence-corrected chi connectivity index (χ0v) is 11.9. The summed E-state index contributed by atoms with van der Waals surface area (Å²) in [6.07, 6.45) is 0.371. The predicted molar refractivity (Wildman–Crippen MR) is 74.3 cm³/mol. The van der Waals surface area contributed by atoms with Crippen LogP contribution in [-0.2, 0) is 16.1 Å². The minimum Gasteiger partial charge on any atom is -0.435 e. The van der Waals surface area contributed by atoms with E-state index in [-0.39, 0.29) is 11.7 Å². The van der Waals surface area contributed by atoms with Crippen LogP contribution in [0.25, 0.3) is 0 Å². The van der Waals surface area contributed by atoms with Gasteiger partial charge in [-0.2, -0.15) is 8.78 Å². The summed E-state index contributed by atoms with van der Waals surface area (Å²) in [5, 5.41) is 5.82. The van der Waals surface area contributed by atoms with E-state index in [2.05, 4.69) is 15.4 Å². The van der Waals surface area contributed by atoms with E-state index in [4.69, 9.17) is 4.74 Å². The number of ether oxygens (including phenoxy) is 2. The Bertz CT molecular complexity index is 413. The van der Waals surface area contributed by atoms with Gasteiger partial charge in [0, 0.05) is 33.2 Å².